The fourth-order valence-corrected chi connectivity index (χ4v) is 5.40. The zero-order valence-electron chi connectivity index (χ0n) is 10.0. The maximum absolute atomic E-state index is 10.8. The van der Waals surface area contributed by atoms with Crippen LogP contribution in [0.4, 0.5) is 0 Å². The molecule has 0 saturated carbocycles. The minimum absolute atomic E-state index is 0.421. The standard InChI is InChI=1S/C14H12O2S3/c15-14(16)13-6-10(7-18-13)17-8-11-5-9-3-1-2-4-12(9)19-11/h1-4,6-7,11H,5,8H2,(H,15,16). The van der Waals surface area contributed by atoms with E-state index in [0.29, 0.717) is 10.1 Å². The minimum atomic E-state index is -0.834. The molecule has 1 aromatic carbocycles. The van der Waals surface area contributed by atoms with E-state index in [0.717, 1.165) is 17.1 Å². The Hall–Kier alpha value is -0.910. The molecule has 2 nitrogen and oxygen atoms in total. The smallest absolute Gasteiger partial charge is 0.345 e. The second-order valence-electron chi connectivity index (χ2n) is 4.31. The van der Waals surface area contributed by atoms with Crippen molar-refractivity contribution in [3.05, 3.63) is 46.2 Å². The van der Waals surface area contributed by atoms with Gasteiger partial charge in [-0.15, -0.1) is 34.9 Å². The molecule has 2 aromatic rings. The van der Waals surface area contributed by atoms with Crippen LogP contribution in [0.1, 0.15) is 15.2 Å². The maximum Gasteiger partial charge on any atom is 0.345 e. The molecule has 5 heteroatoms. The van der Waals surface area contributed by atoms with Crippen LogP contribution in [0, 0.1) is 0 Å². The summed E-state index contributed by atoms with van der Waals surface area (Å²) in [7, 11) is 0. The highest BCUT2D eigenvalue weighted by atomic mass is 32.2. The Bertz CT molecular complexity index is 581. The van der Waals surface area contributed by atoms with Gasteiger partial charge < -0.3 is 5.11 Å². The molecule has 1 N–H and O–H groups in total. The molecule has 0 spiro atoms. The number of carboxylic acids is 1. The Kier molecular flexibility index (Phi) is 3.86. The summed E-state index contributed by atoms with van der Waals surface area (Å²) in [4.78, 5) is 13.7. The molecule has 0 bridgehead atoms. The fraction of sp³-hybridized carbons (Fsp3) is 0.214. The number of thiophene rings is 1. The van der Waals surface area contributed by atoms with Gasteiger partial charge >= 0.3 is 5.97 Å². The van der Waals surface area contributed by atoms with E-state index in [1.807, 2.05) is 17.1 Å². The van der Waals surface area contributed by atoms with E-state index in [4.69, 9.17) is 5.11 Å². The van der Waals surface area contributed by atoms with E-state index in [2.05, 4.69) is 24.3 Å². The van der Waals surface area contributed by atoms with E-state index in [-0.39, 0.29) is 0 Å². The summed E-state index contributed by atoms with van der Waals surface area (Å²) < 4.78 is 0. The van der Waals surface area contributed by atoms with Crippen molar-refractivity contribution in [2.45, 2.75) is 21.5 Å². The highest BCUT2D eigenvalue weighted by Crippen LogP contribution is 2.39. The Balaban J connectivity index is 1.58. The normalized spacial score (nSPS) is 17.4. The Labute approximate surface area is 124 Å². The molecular formula is C14H12O2S3. The molecule has 1 unspecified atom stereocenters. The lowest BCUT2D eigenvalue weighted by Gasteiger charge is -2.06. The molecule has 1 aromatic heterocycles. The lowest BCUT2D eigenvalue weighted by atomic mass is 10.1. The lowest BCUT2D eigenvalue weighted by Crippen LogP contribution is -2.03. The van der Waals surface area contributed by atoms with Crippen molar-refractivity contribution in [2.75, 3.05) is 5.75 Å². The summed E-state index contributed by atoms with van der Waals surface area (Å²) in [5, 5.41) is 11.4. The van der Waals surface area contributed by atoms with Gasteiger partial charge in [0.15, 0.2) is 0 Å². The van der Waals surface area contributed by atoms with Crippen molar-refractivity contribution in [2.24, 2.45) is 0 Å². The monoisotopic (exact) mass is 308 g/mol. The molecule has 2 heterocycles. The van der Waals surface area contributed by atoms with Crippen molar-refractivity contribution in [3.63, 3.8) is 0 Å². The predicted octanol–water partition coefficient (Wildman–Crippen LogP) is 4.26. The highest BCUT2D eigenvalue weighted by Gasteiger charge is 2.21. The van der Waals surface area contributed by atoms with Gasteiger partial charge in [-0.1, -0.05) is 18.2 Å². The minimum Gasteiger partial charge on any atom is -0.477 e. The highest BCUT2D eigenvalue weighted by molar-refractivity contribution is 8.03. The first-order valence-electron chi connectivity index (χ1n) is 5.91. The second kappa shape index (κ2) is 5.61. The largest absolute Gasteiger partial charge is 0.477 e. The van der Waals surface area contributed by atoms with Gasteiger partial charge in [0.2, 0.25) is 0 Å². The summed E-state index contributed by atoms with van der Waals surface area (Å²) in [5.74, 6) is 0.189. The Morgan fingerprint density at radius 1 is 1.42 bits per heavy atom. The van der Waals surface area contributed by atoms with E-state index >= 15 is 0 Å². The van der Waals surface area contributed by atoms with Gasteiger partial charge in [-0.05, 0) is 24.1 Å². The van der Waals surface area contributed by atoms with E-state index in [1.165, 1.54) is 21.8 Å². The zero-order chi connectivity index (χ0) is 13.2. The zero-order valence-corrected chi connectivity index (χ0v) is 12.5. The first kappa shape index (κ1) is 13.1. The van der Waals surface area contributed by atoms with E-state index < -0.39 is 5.97 Å². The van der Waals surface area contributed by atoms with Crippen LogP contribution in [0.25, 0.3) is 0 Å². The van der Waals surface area contributed by atoms with Crippen LogP contribution < -0.4 is 0 Å². The summed E-state index contributed by atoms with van der Waals surface area (Å²) in [6.07, 6.45) is 1.11. The van der Waals surface area contributed by atoms with Crippen LogP contribution in [-0.4, -0.2) is 22.1 Å². The average Bonchev–Trinajstić information content (AvgIpc) is 3.02. The first-order valence-corrected chi connectivity index (χ1v) is 8.66. The topological polar surface area (TPSA) is 37.3 Å². The van der Waals surface area contributed by atoms with Crippen molar-refractivity contribution in [1.29, 1.82) is 0 Å². The SMILES string of the molecule is O=C(O)c1cc(SCC2Cc3ccccc3S2)cs1. The van der Waals surface area contributed by atoms with Gasteiger partial charge in [0.05, 0.1) is 0 Å². The molecular weight excluding hydrogens is 296 g/mol. The van der Waals surface area contributed by atoms with Crippen molar-refractivity contribution in [1.82, 2.24) is 0 Å². The number of carboxylic acid groups (broad SMARTS) is 1. The number of hydrogen-bond donors (Lipinski definition) is 1. The van der Waals surface area contributed by atoms with Crippen molar-refractivity contribution in [3.8, 4) is 0 Å². The van der Waals surface area contributed by atoms with Crippen LogP contribution >= 0.6 is 34.9 Å². The molecule has 3 rings (SSSR count). The van der Waals surface area contributed by atoms with Crippen LogP contribution in [0.5, 0.6) is 0 Å². The molecule has 0 amide bonds. The van der Waals surface area contributed by atoms with Crippen LogP contribution in [-0.2, 0) is 6.42 Å². The first-order chi connectivity index (χ1) is 9.22. The number of aromatic carboxylic acids is 1. The van der Waals surface area contributed by atoms with Crippen LogP contribution in [0.2, 0.25) is 0 Å². The number of hydrogen-bond acceptors (Lipinski definition) is 4. The summed E-state index contributed by atoms with van der Waals surface area (Å²) in [5.41, 5.74) is 1.44. The molecule has 0 radical (unpaired) electrons. The van der Waals surface area contributed by atoms with E-state index in [9.17, 15) is 4.79 Å². The third kappa shape index (κ3) is 2.99. The van der Waals surface area contributed by atoms with Gasteiger partial charge in [0.1, 0.15) is 4.88 Å². The second-order valence-corrected chi connectivity index (χ2v) is 7.66. The number of rotatable bonds is 4. The fourth-order valence-electron chi connectivity index (χ4n) is 2.04. The van der Waals surface area contributed by atoms with Gasteiger partial charge in [-0.2, -0.15) is 0 Å². The quantitative estimate of drug-likeness (QED) is 0.857. The van der Waals surface area contributed by atoms with Crippen LogP contribution in [0.3, 0.4) is 0 Å². The van der Waals surface area contributed by atoms with Gasteiger partial charge in [0.25, 0.3) is 0 Å². The van der Waals surface area contributed by atoms with Crippen LogP contribution in [0.15, 0.2) is 45.5 Å². The number of benzene rings is 1. The molecule has 1 atom stereocenters. The van der Waals surface area contributed by atoms with E-state index in [1.54, 1.807) is 17.8 Å². The molecule has 1 aliphatic rings. The molecule has 0 fully saturated rings. The van der Waals surface area contributed by atoms with Gasteiger partial charge in [-0.25, -0.2) is 4.79 Å². The molecule has 19 heavy (non-hydrogen) atoms. The Morgan fingerprint density at radius 3 is 3.00 bits per heavy atom. The number of fused-ring (bicyclic) bond motifs is 1. The lowest BCUT2D eigenvalue weighted by molar-refractivity contribution is 0.0702. The summed E-state index contributed by atoms with van der Waals surface area (Å²) >= 11 is 4.99. The number of carbonyl (C=O) groups is 1. The number of thioether (sulfide) groups is 2. The molecule has 0 saturated heterocycles. The third-order valence-electron chi connectivity index (χ3n) is 2.94. The molecule has 1 aliphatic heterocycles. The van der Waals surface area contributed by atoms with Crippen molar-refractivity contribution >= 4 is 40.8 Å². The predicted molar refractivity (Wildman–Crippen MR) is 81.8 cm³/mol. The maximum atomic E-state index is 10.8. The Morgan fingerprint density at radius 2 is 2.26 bits per heavy atom. The molecule has 98 valence electrons. The summed E-state index contributed by atoms with van der Waals surface area (Å²) in [6.45, 7) is 0. The van der Waals surface area contributed by atoms with Gasteiger partial charge in [-0.3, -0.25) is 0 Å². The summed E-state index contributed by atoms with van der Waals surface area (Å²) in [6, 6.07) is 10.3. The van der Waals surface area contributed by atoms with Crippen molar-refractivity contribution < 1.29 is 9.90 Å². The average molecular weight is 308 g/mol. The molecule has 0 aliphatic carbocycles. The third-order valence-corrected chi connectivity index (χ3v) is 6.67. The van der Waals surface area contributed by atoms with Gasteiger partial charge in [0, 0.05) is 26.2 Å².